The quantitative estimate of drug-likeness (QED) is 0.717. The molecule has 3 N–H and O–H groups in total. The molecule has 0 bridgehead atoms. The minimum Gasteiger partial charge on any atom is -0.382 e. The zero-order valence-electron chi connectivity index (χ0n) is 11.4. The molecular weight excluding hydrogens is 287 g/mol. The summed E-state index contributed by atoms with van der Waals surface area (Å²) in [6.07, 6.45) is -0.426. The number of nitrogens with two attached hydrogens (primary N) is 1. The zero-order chi connectivity index (χ0) is 15.2. The van der Waals surface area contributed by atoms with Crippen LogP contribution in [0.25, 0.3) is 0 Å². The van der Waals surface area contributed by atoms with Crippen LogP contribution in [0.5, 0.6) is 0 Å². The van der Waals surface area contributed by atoms with E-state index in [4.69, 9.17) is 15.2 Å². The van der Waals surface area contributed by atoms with E-state index in [1.54, 1.807) is 0 Å². The molecule has 1 unspecified atom stereocenters. The first-order valence-electron chi connectivity index (χ1n) is 5.94. The van der Waals surface area contributed by atoms with Gasteiger partial charge in [-0.3, -0.25) is 0 Å². The van der Waals surface area contributed by atoms with Gasteiger partial charge in [-0.05, 0) is 17.7 Å². The minimum atomic E-state index is -3.85. The molecule has 0 fully saturated rings. The summed E-state index contributed by atoms with van der Waals surface area (Å²) in [5.74, 6) is -0.636. The van der Waals surface area contributed by atoms with Crippen LogP contribution in [0.3, 0.4) is 0 Å². The molecule has 0 aliphatic heterocycles. The number of ether oxygens (including phenoxy) is 2. The molecule has 0 saturated carbocycles. The van der Waals surface area contributed by atoms with Gasteiger partial charge in [0.1, 0.15) is 5.82 Å². The number of hydrogen-bond donors (Lipinski definition) is 2. The van der Waals surface area contributed by atoms with E-state index in [0.717, 1.165) is 6.07 Å². The average molecular weight is 306 g/mol. The first-order chi connectivity index (χ1) is 9.44. The topological polar surface area (TPSA) is 90.7 Å². The van der Waals surface area contributed by atoms with E-state index in [1.807, 2.05) is 0 Å². The molecule has 0 heterocycles. The number of halogens is 1. The molecule has 0 aliphatic rings. The first kappa shape index (κ1) is 17.0. The molecule has 0 amide bonds. The number of benzene rings is 1. The number of hydrogen-bond acceptors (Lipinski definition) is 5. The van der Waals surface area contributed by atoms with Crippen molar-refractivity contribution >= 4 is 10.0 Å². The van der Waals surface area contributed by atoms with E-state index in [9.17, 15) is 12.8 Å². The lowest BCUT2D eigenvalue weighted by molar-refractivity contribution is 0.0320. The summed E-state index contributed by atoms with van der Waals surface area (Å²) in [5, 5.41) is 0. The van der Waals surface area contributed by atoms with Crippen LogP contribution >= 0.6 is 0 Å². The second-order valence-electron chi connectivity index (χ2n) is 4.12. The molecule has 20 heavy (non-hydrogen) atoms. The number of nitrogens with one attached hydrogen (secondary N) is 1. The van der Waals surface area contributed by atoms with Crippen LogP contribution in [-0.2, 0) is 26.0 Å². The number of rotatable bonds is 8. The fourth-order valence-corrected chi connectivity index (χ4v) is 2.95. The molecule has 1 atom stereocenters. The molecule has 8 heteroatoms. The van der Waals surface area contributed by atoms with Gasteiger partial charge in [-0.15, -0.1) is 0 Å². The maximum absolute atomic E-state index is 13.2. The van der Waals surface area contributed by atoms with Gasteiger partial charge in [0.25, 0.3) is 0 Å². The Morgan fingerprint density at radius 1 is 1.40 bits per heavy atom. The fraction of sp³-hybridized carbons (Fsp3) is 0.500. The second kappa shape index (κ2) is 7.65. The van der Waals surface area contributed by atoms with E-state index < -0.39 is 21.9 Å². The van der Waals surface area contributed by atoms with Crippen molar-refractivity contribution < 1.29 is 22.3 Å². The van der Waals surface area contributed by atoms with Crippen molar-refractivity contribution in [3.05, 3.63) is 29.6 Å². The second-order valence-corrected chi connectivity index (χ2v) is 5.86. The van der Waals surface area contributed by atoms with Gasteiger partial charge in [-0.1, -0.05) is 6.07 Å². The van der Waals surface area contributed by atoms with Crippen LogP contribution in [0.4, 0.5) is 4.39 Å². The molecule has 6 nitrogen and oxygen atoms in total. The van der Waals surface area contributed by atoms with Crippen LogP contribution in [0.1, 0.15) is 5.56 Å². The van der Waals surface area contributed by atoms with Crippen molar-refractivity contribution in [1.29, 1.82) is 0 Å². The predicted octanol–water partition coefficient (Wildman–Crippen LogP) is 0.224. The predicted molar refractivity (Wildman–Crippen MR) is 72.2 cm³/mol. The zero-order valence-corrected chi connectivity index (χ0v) is 12.2. The normalized spacial score (nSPS) is 13.4. The van der Waals surface area contributed by atoms with Crippen molar-refractivity contribution in [1.82, 2.24) is 4.72 Å². The highest BCUT2D eigenvalue weighted by molar-refractivity contribution is 7.89. The smallest absolute Gasteiger partial charge is 0.241 e. The minimum absolute atomic E-state index is 0.00228. The van der Waals surface area contributed by atoms with Crippen LogP contribution < -0.4 is 10.5 Å². The Kier molecular flexibility index (Phi) is 6.50. The first-order valence-corrected chi connectivity index (χ1v) is 7.42. The molecule has 114 valence electrons. The van der Waals surface area contributed by atoms with Crippen molar-refractivity contribution in [2.75, 3.05) is 27.4 Å². The van der Waals surface area contributed by atoms with Crippen molar-refractivity contribution in [3.8, 4) is 0 Å². The number of methoxy groups -OCH3 is 2. The lowest BCUT2D eigenvalue weighted by Crippen LogP contribution is -2.36. The summed E-state index contributed by atoms with van der Waals surface area (Å²) in [4.78, 5) is -0.160. The van der Waals surface area contributed by atoms with Gasteiger partial charge in [0, 0.05) is 27.3 Å². The maximum atomic E-state index is 13.2. The van der Waals surface area contributed by atoms with Gasteiger partial charge >= 0.3 is 0 Å². The van der Waals surface area contributed by atoms with Crippen LogP contribution in [0.15, 0.2) is 23.1 Å². The average Bonchev–Trinajstić information content (AvgIpc) is 2.43. The highest BCUT2D eigenvalue weighted by atomic mass is 32.2. The van der Waals surface area contributed by atoms with Crippen LogP contribution in [0.2, 0.25) is 0 Å². The largest absolute Gasteiger partial charge is 0.382 e. The Balaban J connectivity index is 2.91. The highest BCUT2D eigenvalue weighted by Gasteiger charge is 2.20. The number of sulfonamides is 1. The van der Waals surface area contributed by atoms with Crippen molar-refractivity contribution in [2.45, 2.75) is 17.5 Å². The van der Waals surface area contributed by atoms with Gasteiger partial charge in [-0.25, -0.2) is 17.5 Å². The summed E-state index contributed by atoms with van der Waals surface area (Å²) in [6, 6.07) is 3.47. The third-order valence-electron chi connectivity index (χ3n) is 2.73. The summed E-state index contributed by atoms with van der Waals surface area (Å²) in [5.41, 5.74) is 5.81. The molecule has 1 rings (SSSR count). The third-order valence-corrected chi connectivity index (χ3v) is 4.23. The molecule has 0 saturated heterocycles. The molecule has 1 aromatic rings. The lowest BCUT2D eigenvalue weighted by Gasteiger charge is -2.16. The highest BCUT2D eigenvalue weighted by Crippen LogP contribution is 2.16. The van der Waals surface area contributed by atoms with Crippen molar-refractivity contribution in [2.24, 2.45) is 5.73 Å². The maximum Gasteiger partial charge on any atom is 0.241 e. The molecule has 0 spiro atoms. The lowest BCUT2D eigenvalue weighted by atomic mass is 10.2. The van der Waals surface area contributed by atoms with Gasteiger partial charge in [0.15, 0.2) is 0 Å². The third kappa shape index (κ3) is 4.50. The fourth-order valence-electron chi connectivity index (χ4n) is 1.62. The van der Waals surface area contributed by atoms with Crippen LogP contribution in [0, 0.1) is 5.82 Å². The molecule has 0 radical (unpaired) electrons. The molecule has 0 aliphatic carbocycles. The summed E-state index contributed by atoms with van der Waals surface area (Å²) in [6.45, 7) is 0.265. The van der Waals surface area contributed by atoms with E-state index in [-0.39, 0.29) is 24.6 Å². The summed E-state index contributed by atoms with van der Waals surface area (Å²) in [7, 11) is -0.919. The van der Waals surface area contributed by atoms with E-state index in [0.29, 0.717) is 5.56 Å². The summed E-state index contributed by atoms with van der Waals surface area (Å²) >= 11 is 0. The van der Waals surface area contributed by atoms with E-state index in [1.165, 1.54) is 26.4 Å². The van der Waals surface area contributed by atoms with Gasteiger partial charge < -0.3 is 15.2 Å². The standard InChI is InChI=1S/C12H19FN2O4S/c1-18-8-11(19-2)7-15-20(16,17)12-5-10(13)4-3-9(12)6-14/h3-5,11,15H,6-8,14H2,1-2H3. The Bertz CT molecular complexity index is 536. The molecule has 0 aromatic heterocycles. The molecule has 1 aromatic carbocycles. The van der Waals surface area contributed by atoms with E-state index >= 15 is 0 Å². The van der Waals surface area contributed by atoms with Gasteiger partial charge in [0.2, 0.25) is 10.0 Å². The van der Waals surface area contributed by atoms with Gasteiger partial charge in [0.05, 0.1) is 17.6 Å². The van der Waals surface area contributed by atoms with Crippen molar-refractivity contribution in [3.63, 3.8) is 0 Å². The SMILES string of the molecule is COCC(CNS(=O)(=O)c1cc(F)ccc1CN)OC. The van der Waals surface area contributed by atoms with E-state index in [2.05, 4.69) is 4.72 Å². The Morgan fingerprint density at radius 2 is 2.10 bits per heavy atom. The monoisotopic (exact) mass is 306 g/mol. The van der Waals surface area contributed by atoms with Gasteiger partial charge in [-0.2, -0.15) is 0 Å². The Hall–Kier alpha value is -1.06. The Labute approximate surface area is 118 Å². The Morgan fingerprint density at radius 3 is 2.65 bits per heavy atom. The summed E-state index contributed by atoms with van der Waals surface area (Å²) < 4.78 is 49.8. The molecular formula is C12H19FN2O4S. The van der Waals surface area contributed by atoms with Crippen LogP contribution in [-0.4, -0.2) is 41.9 Å².